The monoisotopic (exact) mass is 362 g/mol. The summed E-state index contributed by atoms with van der Waals surface area (Å²) in [6.07, 6.45) is 3.52. The summed E-state index contributed by atoms with van der Waals surface area (Å²) in [4.78, 5) is 4.04. The topological polar surface area (TPSA) is 74.3 Å². The fourth-order valence-corrected chi connectivity index (χ4v) is 3.86. The maximum Gasteiger partial charge on any atom is 0.302 e. The summed E-state index contributed by atoms with van der Waals surface area (Å²) in [5, 5.41) is 3.11. The summed E-state index contributed by atoms with van der Waals surface area (Å²) < 4.78 is 29.5. The first kappa shape index (κ1) is 15.7. The van der Waals surface area contributed by atoms with E-state index in [4.69, 9.17) is 0 Å². The molecule has 1 fully saturated rings. The molecule has 2 heterocycles. The average molecular weight is 363 g/mol. The molecule has 112 valence electrons. The Hall–Kier alpha value is -0.700. The van der Waals surface area contributed by atoms with Crippen molar-refractivity contribution in [2.75, 3.05) is 31.4 Å². The Balaban J connectivity index is 2.04. The van der Waals surface area contributed by atoms with Gasteiger partial charge >= 0.3 is 10.2 Å². The van der Waals surface area contributed by atoms with Gasteiger partial charge in [-0.15, -0.1) is 0 Å². The zero-order valence-electron chi connectivity index (χ0n) is 11.3. The van der Waals surface area contributed by atoms with Crippen LogP contribution in [0, 0.1) is 5.92 Å². The molecule has 0 radical (unpaired) electrons. The average Bonchev–Trinajstić information content (AvgIpc) is 2.42. The maximum atomic E-state index is 12.3. The first-order chi connectivity index (χ1) is 9.51. The second-order valence-electron chi connectivity index (χ2n) is 4.89. The highest BCUT2D eigenvalue weighted by atomic mass is 79.9. The van der Waals surface area contributed by atoms with Gasteiger partial charge in [0.2, 0.25) is 0 Å². The van der Waals surface area contributed by atoms with Gasteiger partial charge in [0.15, 0.2) is 0 Å². The molecule has 8 heteroatoms. The highest BCUT2D eigenvalue weighted by molar-refractivity contribution is 9.10. The first-order valence-corrected chi connectivity index (χ1v) is 8.78. The number of pyridine rings is 1. The molecule has 20 heavy (non-hydrogen) atoms. The van der Waals surface area contributed by atoms with Crippen LogP contribution in [-0.4, -0.2) is 44.4 Å². The number of anilines is 1. The molecule has 1 aromatic heterocycles. The van der Waals surface area contributed by atoms with Gasteiger partial charge in [-0.1, -0.05) is 0 Å². The fraction of sp³-hybridized carbons (Fsp3) is 0.583. The number of halogens is 1. The number of aromatic nitrogens is 1. The van der Waals surface area contributed by atoms with Crippen LogP contribution >= 0.6 is 15.9 Å². The Morgan fingerprint density at radius 2 is 2.30 bits per heavy atom. The minimum atomic E-state index is -3.52. The molecule has 2 N–H and O–H groups in total. The Kier molecular flexibility index (Phi) is 5.36. The number of rotatable bonds is 5. The predicted molar refractivity (Wildman–Crippen MR) is 82.7 cm³/mol. The van der Waals surface area contributed by atoms with Crippen molar-refractivity contribution in [1.82, 2.24) is 14.6 Å². The lowest BCUT2D eigenvalue weighted by molar-refractivity contribution is 0.264. The van der Waals surface area contributed by atoms with Gasteiger partial charge in [0.25, 0.3) is 0 Å². The Labute approximate surface area is 128 Å². The third-order valence-corrected chi connectivity index (χ3v) is 5.22. The van der Waals surface area contributed by atoms with Gasteiger partial charge in [-0.2, -0.15) is 12.7 Å². The zero-order valence-corrected chi connectivity index (χ0v) is 13.7. The summed E-state index contributed by atoms with van der Waals surface area (Å²) in [5.74, 6) is 0.701. The normalized spacial score (nSPS) is 20.8. The molecule has 1 saturated heterocycles. The molecule has 0 saturated carbocycles. The van der Waals surface area contributed by atoms with Gasteiger partial charge in [0.1, 0.15) is 5.82 Å². The molecule has 0 aliphatic carbocycles. The molecular weight excluding hydrogens is 344 g/mol. The van der Waals surface area contributed by atoms with Gasteiger partial charge in [-0.05, 0) is 60.4 Å². The maximum absolute atomic E-state index is 12.3. The second kappa shape index (κ2) is 6.84. The molecule has 0 spiro atoms. The Morgan fingerprint density at radius 1 is 1.50 bits per heavy atom. The van der Waals surface area contributed by atoms with Crippen molar-refractivity contribution in [2.24, 2.45) is 5.92 Å². The predicted octanol–water partition coefficient (Wildman–Crippen LogP) is 1.43. The van der Waals surface area contributed by atoms with Crippen LogP contribution in [0.25, 0.3) is 0 Å². The second-order valence-corrected chi connectivity index (χ2v) is 7.48. The van der Waals surface area contributed by atoms with Crippen LogP contribution in [0.2, 0.25) is 0 Å². The number of nitrogens with zero attached hydrogens (tertiary/aromatic N) is 2. The summed E-state index contributed by atoms with van der Waals surface area (Å²) >= 11 is 3.27. The van der Waals surface area contributed by atoms with Crippen molar-refractivity contribution in [3.05, 3.63) is 22.8 Å². The smallest absolute Gasteiger partial charge is 0.302 e. The van der Waals surface area contributed by atoms with E-state index in [2.05, 4.69) is 31.0 Å². The molecule has 2 rings (SSSR count). The number of piperidine rings is 1. The van der Waals surface area contributed by atoms with Crippen molar-refractivity contribution >= 4 is 32.0 Å². The Morgan fingerprint density at radius 3 is 2.95 bits per heavy atom. The quantitative estimate of drug-likeness (QED) is 0.830. The molecule has 1 unspecified atom stereocenters. The van der Waals surface area contributed by atoms with E-state index in [1.807, 2.05) is 7.05 Å². The molecule has 1 aromatic rings. The van der Waals surface area contributed by atoms with E-state index in [0.717, 1.165) is 23.9 Å². The van der Waals surface area contributed by atoms with Crippen molar-refractivity contribution in [3.8, 4) is 0 Å². The third-order valence-electron chi connectivity index (χ3n) is 3.28. The molecule has 1 aliphatic rings. The van der Waals surface area contributed by atoms with E-state index in [1.54, 1.807) is 18.3 Å². The SMILES string of the molecule is CNCC1CCCN(S(=O)(=O)Nc2ccc(Br)cn2)C1. The molecule has 6 nitrogen and oxygen atoms in total. The van der Waals surface area contributed by atoms with Crippen LogP contribution in [-0.2, 0) is 10.2 Å². The van der Waals surface area contributed by atoms with Crippen LogP contribution < -0.4 is 10.0 Å². The lowest BCUT2D eigenvalue weighted by Crippen LogP contribution is -2.44. The highest BCUT2D eigenvalue weighted by Crippen LogP contribution is 2.20. The van der Waals surface area contributed by atoms with Crippen LogP contribution in [0.4, 0.5) is 5.82 Å². The summed E-state index contributed by atoms with van der Waals surface area (Å²) in [5.41, 5.74) is 0. The van der Waals surface area contributed by atoms with E-state index >= 15 is 0 Å². The van der Waals surface area contributed by atoms with Crippen molar-refractivity contribution < 1.29 is 8.42 Å². The fourth-order valence-electron chi connectivity index (χ4n) is 2.33. The number of nitrogens with one attached hydrogen (secondary N) is 2. The van der Waals surface area contributed by atoms with E-state index in [0.29, 0.717) is 24.8 Å². The van der Waals surface area contributed by atoms with Crippen LogP contribution in [0.15, 0.2) is 22.8 Å². The zero-order chi connectivity index (χ0) is 14.6. The minimum Gasteiger partial charge on any atom is -0.319 e. The lowest BCUT2D eigenvalue weighted by atomic mass is 10.00. The molecule has 1 atom stereocenters. The van der Waals surface area contributed by atoms with E-state index < -0.39 is 10.2 Å². The summed E-state index contributed by atoms with van der Waals surface area (Å²) in [6, 6.07) is 3.39. The van der Waals surface area contributed by atoms with Gasteiger partial charge in [0.05, 0.1) is 0 Å². The van der Waals surface area contributed by atoms with Crippen molar-refractivity contribution in [3.63, 3.8) is 0 Å². The molecular formula is C12H19BrN4O2S. The van der Waals surface area contributed by atoms with E-state index in [9.17, 15) is 8.42 Å². The van der Waals surface area contributed by atoms with Gasteiger partial charge in [0, 0.05) is 23.8 Å². The van der Waals surface area contributed by atoms with Crippen molar-refractivity contribution in [1.29, 1.82) is 0 Å². The van der Waals surface area contributed by atoms with Crippen LogP contribution in [0.3, 0.4) is 0 Å². The Bertz CT molecular complexity index is 533. The van der Waals surface area contributed by atoms with E-state index in [-0.39, 0.29) is 0 Å². The highest BCUT2D eigenvalue weighted by Gasteiger charge is 2.28. The number of hydrogen-bond acceptors (Lipinski definition) is 4. The molecule has 0 bridgehead atoms. The molecule has 0 aromatic carbocycles. The van der Waals surface area contributed by atoms with E-state index in [1.165, 1.54) is 4.31 Å². The van der Waals surface area contributed by atoms with Gasteiger partial charge in [-0.3, -0.25) is 4.72 Å². The lowest BCUT2D eigenvalue weighted by Gasteiger charge is -2.31. The minimum absolute atomic E-state index is 0.337. The first-order valence-electron chi connectivity index (χ1n) is 6.55. The number of hydrogen-bond donors (Lipinski definition) is 2. The van der Waals surface area contributed by atoms with Gasteiger partial charge < -0.3 is 5.32 Å². The molecule has 0 amide bonds. The van der Waals surface area contributed by atoms with Crippen LogP contribution in [0.1, 0.15) is 12.8 Å². The third kappa shape index (κ3) is 4.15. The summed E-state index contributed by atoms with van der Waals surface area (Å²) in [6.45, 7) is 1.95. The van der Waals surface area contributed by atoms with Crippen LogP contribution in [0.5, 0.6) is 0 Å². The largest absolute Gasteiger partial charge is 0.319 e. The van der Waals surface area contributed by atoms with Gasteiger partial charge in [-0.25, -0.2) is 4.98 Å². The van der Waals surface area contributed by atoms with Crippen molar-refractivity contribution in [2.45, 2.75) is 12.8 Å². The molecule has 1 aliphatic heterocycles. The summed E-state index contributed by atoms with van der Waals surface area (Å²) in [7, 11) is -1.64. The standard InChI is InChI=1S/C12H19BrN4O2S/c1-14-7-10-3-2-6-17(9-10)20(18,19)16-12-5-4-11(13)8-15-12/h4-5,8,10,14H,2-3,6-7,9H2,1H3,(H,15,16).